The lowest BCUT2D eigenvalue weighted by molar-refractivity contribution is 0.254. The lowest BCUT2D eigenvalue weighted by Crippen LogP contribution is -2.45. The van der Waals surface area contributed by atoms with Gasteiger partial charge in [0.05, 0.1) is 10.6 Å². The summed E-state index contributed by atoms with van der Waals surface area (Å²) in [4.78, 5) is 2.58. The second-order valence-electron chi connectivity index (χ2n) is 4.37. The van der Waals surface area contributed by atoms with Crippen molar-refractivity contribution in [2.45, 2.75) is 4.90 Å². The fourth-order valence-corrected chi connectivity index (χ4v) is 3.84. The van der Waals surface area contributed by atoms with Gasteiger partial charge < -0.3 is 5.32 Å². The Morgan fingerprint density at radius 1 is 1.28 bits per heavy atom. The summed E-state index contributed by atoms with van der Waals surface area (Å²) in [5.74, 6) is 0.184. The quantitative estimate of drug-likeness (QED) is 0.897. The molecule has 1 aromatic carbocycles. The molecule has 1 aliphatic heterocycles. The predicted molar refractivity (Wildman–Crippen MR) is 75.5 cm³/mol. The Morgan fingerprint density at radius 3 is 2.67 bits per heavy atom. The van der Waals surface area contributed by atoms with Crippen molar-refractivity contribution in [1.29, 1.82) is 0 Å². The lowest BCUT2D eigenvalue weighted by atomic mass is 10.4. The Kier molecular flexibility index (Phi) is 4.77. The van der Waals surface area contributed by atoms with Crippen LogP contribution in [-0.4, -0.2) is 51.8 Å². The minimum Gasteiger partial charge on any atom is -0.314 e. The van der Waals surface area contributed by atoms with Gasteiger partial charge in [0, 0.05) is 37.2 Å². The maximum Gasteiger partial charge on any atom is 0.179 e. The molecule has 4 nitrogen and oxygen atoms in total. The summed E-state index contributed by atoms with van der Waals surface area (Å²) in [6.07, 6.45) is 0. The molecule has 0 aromatic heterocycles. The van der Waals surface area contributed by atoms with Crippen LogP contribution in [0.2, 0.25) is 0 Å². The molecule has 0 radical (unpaired) electrons. The van der Waals surface area contributed by atoms with Gasteiger partial charge in [0.1, 0.15) is 0 Å². The van der Waals surface area contributed by atoms with E-state index in [9.17, 15) is 8.42 Å². The molecule has 1 heterocycles. The molecule has 6 heteroatoms. The Labute approximate surface area is 116 Å². The van der Waals surface area contributed by atoms with Gasteiger partial charge >= 0.3 is 0 Å². The number of sulfone groups is 1. The number of hydrogen-bond donors (Lipinski definition) is 1. The Balaban J connectivity index is 1.98. The van der Waals surface area contributed by atoms with E-state index in [1.807, 2.05) is 6.07 Å². The highest BCUT2D eigenvalue weighted by Gasteiger charge is 2.17. The van der Waals surface area contributed by atoms with Gasteiger partial charge in [-0.15, -0.1) is 0 Å². The van der Waals surface area contributed by atoms with Crippen LogP contribution in [0.15, 0.2) is 33.6 Å². The van der Waals surface area contributed by atoms with Crippen LogP contribution in [0.4, 0.5) is 0 Å². The highest BCUT2D eigenvalue weighted by molar-refractivity contribution is 9.10. The summed E-state index contributed by atoms with van der Waals surface area (Å²) in [6.45, 7) is 4.34. The van der Waals surface area contributed by atoms with Crippen LogP contribution in [0.3, 0.4) is 0 Å². The third kappa shape index (κ3) is 3.78. The summed E-state index contributed by atoms with van der Waals surface area (Å²) in [5, 5.41) is 3.25. The van der Waals surface area contributed by atoms with Crippen molar-refractivity contribution in [3.63, 3.8) is 0 Å². The molecule has 0 atom stereocenters. The highest BCUT2D eigenvalue weighted by Crippen LogP contribution is 2.17. The fraction of sp³-hybridized carbons (Fsp3) is 0.500. The molecule has 1 aliphatic rings. The molecule has 1 N–H and O–H groups in total. The van der Waals surface area contributed by atoms with Crippen LogP contribution in [0, 0.1) is 0 Å². The molecule has 0 amide bonds. The van der Waals surface area contributed by atoms with E-state index in [0.717, 1.165) is 30.7 Å². The molecule has 100 valence electrons. The SMILES string of the molecule is O=S(=O)(CCN1CCNCC1)c1cccc(Br)c1. The van der Waals surface area contributed by atoms with E-state index in [2.05, 4.69) is 26.1 Å². The van der Waals surface area contributed by atoms with Gasteiger partial charge in [-0.1, -0.05) is 22.0 Å². The zero-order valence-corrected chi connectivity index (χ0v) is 12.5. The topological polar surface area (TPSA) is 49.4 Å². The zero-order chi connectivity index (χ0) is 13.0. The number of halogens is 1. The molecule has 2 rings (SSSR count). The standard InChI is InChI=1S/C12H17BrN2O2S/c13-11-2-1-3-12(10-11)18(16,17)9-8-15-6-4-14-5-7-15/h1-3,10,14H,4-9H2. The first kappa shape index (κ1) is 14.0. The first-order valence-electron chi connectivity index (χ1n) is 5.99. The normalized spacial score (nSPS) is 17.8. The average Bonchev–Trinajstić information content (AvgIpc) is 2.38. The number of rotatable bonds is 4. The lowest BCUT2D eigenvalue weighted by Gasteiger charge is -2.26. The number of piperazine rings is 1. The van der Waals surface area contributed by atoms with E-state index < -0.39 is 9.84 Å². The van der Waals surface area contributed by atoms with Crippen LogP contribution in [0.25, 0.3) is 0 Å². The number of nitrogens with one attached hydrogen (secondary N) is 1. The van der Waals surface area contributed by atoms with E-state index in [4.69, 9.17) is 0 Å². The van der Waals surface area contributed by atoms with Crippen molar-refractivity contribution in [2.75, 3.05) is 38.5 Å². The van der Waals surface area contributed by atoms with Crippen molar-refractivity contribution < 1.29 is 8.42 Å². The molecule has 0 aliphatic carbocycles. The Bertz CT molecular complexity index is 499. The zero-order valence-electron chi connectivity index (χ0n) is 10.1. The molecule has 0 saturated carbocycles. The van der Waals surface area contributed by atoms with E-state index >= 15 is 0 Å². The van der Waals surface area contributed by atoms with Gasteiger partial charge in [0.25, 0.3) is 0 Å². The number of benzene rings is 1. The van der Waals surface area contributed by atoms with Crippen molar-refractivity contribution in [1.82, 2.24) is 10.2 Å². The van der Waals surface area contributed by atoms with Crippen molar-refractivity contribution in [2.24, 2.45) is 0 Å². The molecule has 0 bridgehead atoms. The predicted octanol–water partition coefficient (Wildman–Crippen LogP) is 1.13. The molecule has 1 aromatic rings. The van der Waals surface area contributed by atoms with Crippen LogP contribution in [-0.2, 0) is 9.84 Å². The van der Waals surface area contributed by atoms with Gasteiger partial charge in [0.2, 0.25) is 0 Å². The highest BCUT2D eigenvalue weighted by atomic mass is 79.9. The minimum atomic E-state index is -3.17. The summed E-state index contributed by atoms with van der Waals surface area (Å²) in [7, 11) is -3.17. The maximum atomic E-state index is 12.2. The summed E-state index contributed by atoms with van der Waals surface area (Å²) >= 11 is 3.30. The second-order valence-corrected chi connectivity index (χ2v) is 7.39. The summed E-state index contributed by atoms with van der Waals surface area (Å²) in [6, 6.07) is 6.89. The molecule has 0 spiro atoms. The summed E-state index contributed by atoms with van der Waals surface area (Å²) < 4.78 is 25.1. The van der Waals surface area contributed by atoms with Gasteiger partial charge in [0.15, 0.2) is 9.84 Å². The van der Waals surface area contributed by atoms with Gasteiger partial charge in [-0.2, -0.15) is 0 Å². The maximum absolute atomic E-state index is 12.2. The van der Waals surface area contributed by atoms with Gasteiger partial charge in [-0.3, -0.25) is 4.90 Å². The smallest absolute Gasteiger partial charge is 0.179 e. The van der Waals surface area contributed by atoms with Crippen molar-refractivity contribution >= 4 is 25.8 Å². The third-order valence-corrected chi connectivity index (χ3v) is 5.23. The summed E-state index contributed by atoms with van der Waals surface area (Å²) in [5.41, 5.74) is 0. The van der Waals surface area contributed by atoms with Crippen molar-refractivity contribution in [3.05, 3.63) is 28.7 Å². The van der Waals surface area contributed by atoms with Crippen LogP contribution < -0.4 is 5.32 Å². The van der Waals surface area contributed by atoms with Crippen LogP contribution in [0.1, 0.15) is 0 Å². The van der Waals surface area contributed by atoms with Crippen LogP contribution in [0.5, 0.6) is 0 Å². The Hall–Kier alpha value is -0.430. The number of hydrogen-bond acceptors (Lipinski definition) is 4. The molecule has 18 heavy (non-hydrogen) atoms. The molecule has 0 unspecified atom stereocenters. The van der Waals surface area contributed by atoms with Crippen LogP contribution >= 0.6 is 15.9 Å². The third-order valence-electron chi connectivity index (χ3n) is 3.04. The monoisotopic (exact) mass is 332 g/mol. The van der Waals surface area contributed by atoms with Gasteiger partial charge in [-0.25, -0.2) is 8.42 Å². The molecule has 1 saturated heterocycles. The second kappa shape index (κ2) is 6.14. The van der Waals surface area contributed by atoms with Gasteiger partial charge in [-0.05, 0) is 18.2 Å². The minimum absolute atomic E-state index is 0.184. The van der Waals surface area contributed by atoms with E-state index in [0.29, 0.717) is 11.4 Å². The molecular formula is C12H17BrN2O2S. The first-order chi connectivity index (χ1) is 8.58. The number of nitrogens with zero attached hydrogens (tertiary/aromatic N) is 1. The van der Waals surface area contributed by atoms with E-state index in [1.54, 1.807) is 18.2 Å². The van der Waals surface area contributed by atoms with E-state index in [-0.39, 0.29) is 5.75 Å². The Morgan fingerprint density at radius 2 is 2.00 bits per heavy atom. The van der Waals surface area contributed by atoms with Crippen molar-refractivity contribution in [3.8, 4) is 0 Å². The molecular weight excluding hydrogens is 316 g/mol. The van der Waals surface area contributed by atoms with E-state index in [1.165, 1.54) is 0 Å². The largest absolute Gasteiger partial charge is 0.314 e. The molecule has 1 fully saturated rings. The fourth-order valence-electron chi connectivity index (χ4n) is 1.96. The average molecular weight is 333 g/mol. The first-order valence-corrected chi connectivity index (χ1v) is 8.44.